The molecule has 7 rings (SSSR count). The van der Waals surface area contributed by atoms with Crippen molar-refractivity contribution in [1.29, 1.82) is 0 Å². The first-order chi connectivity index (χ1) is 24.6. The molecule has 0 aliphatic heterocycles. The van der Waals surface area contributed by atoms with E-state index < -0.39 is 0 Å². The van der Waals surface area contributed by atoms with Crippen LogP contribution in [0.25, 0.3) is 38.9 Å². The van der Waals surface area contributed by atoms with Crippen LogP contribution in [0.5, 0.6) is 0 Å². The molecule has 0 radical (unpaired) electrons. The molecule has 1 aliphatic rings. The third-order valence-electron chi connectivity index (χ3n) is 9.25. The third kappa shape index (κ3) is 6.99. The Balaban J connectivity index is 1.27. The van der Waals surface area contributed by atoms with E-state index in [1.807, 2.05) is 30.3 Å². The van der Waals surface area contributed by atoms with Crippen LogP contribution in [-0.4, -0.2) is 17.4 Å². The van der Waals surface area contributed by atoms with Gasteiger partial charge in [-0.1, -0.05) is 146 Å². The van der Waals surface area contributed by atoms with Crippen LogP contribution in [0.3, 0.4) is 0 Å². The smallest absolute Gasteiger partial charge is 0.0790 e. The largest absolute Gasteiger partial charge is 0.280 e. The number of aryl methyl sites for hydroxylation is 2. The van der Waals surface area contributed by atoms with Crippen LogP contribution >= 0.6 is 0 Å². The molecular weight excluding hydrogens is 607 g/mol. The molecule has 1 aromatic heterocycles. The van der Waals surface area contributed by atoms with Gasteiger partial charge >= 0.3 is 0 Å². The van der Waals surface area contributed by atoms with Gasteiger partial charge in [0.2, 0.25) is 0 Å². The first kappa shape index (κ1) is 32.4. The molecule has 0 amide bonds. The van der Waals surface area contributed by atoms with E-state index in [9.17, 15) is 0 Å². The number of rotatable bonds is 9. The zero-order valence-corrected chi connectivity index (χ0v) is 28.6. The van der Waals surface area contributed by atoms with Crippen molar-refractivity contribution < 1.29 is 0 Å². The van der Waals surface area contributed by atoms with Gasteiger partial charge in [-0.3, -0.25) is 9.98 Å². The lowest BCUT2D eigenvalue weighted by atomic mass is 9.90. The summed E-state index contributed by atoms with van der Waals surface area (Å²) >= 11 is 0. The molecule has 0 unspecified atom stereocenters. The van der Waals surface area contributed by atoms with Crippen LogP contribution in [-0.2, 0) is 6.54 Å². The number of aliphatic imine (C=N–C) groups is 2. The molecule has 1 heterocycles. The molecule has 0 fully saturated rings. The SMILES string of the molecule is C=N/C(=C\C(=N/Cc1cccc(-c2nc3ccccc3c(C)c2-c2ccccc2C)c1)c1ccccc1)C1=CC=C(c2ccccc2)CC=C1. The number of nitrogens with zero attached hydrogens (tertiary/aromatic N) is 3. The third-order valence-corrected chi connectivity index (χ3v) is 9.25. The van der Waals surface area contributed by atoms with Gasteiger partial charge in [-0.25, -0.2) is 4.98 Å². The number of hydrogen-bond acceptors (Lipinski definition) is 3. The van der Waals surface area contributed by atoms with Gasteiger partial charge in [-0.05, 0) is 89.7 Å². The van der Waals surface area contributed by atoms with Gasteiger partial charge < -0.3 is 0 Å². The van der Waals surface area contributed by atoms with Crippen molar-refractivity contribution in [2.45, 2.75) is 26.8 Å². The van der Waals surface area contributed by atoms with Crippen LogP contribution in [0, 0.1) is 13.8 Å². The summed E-state index contributed by atoms with van der Waals surface area (Å²) in [5.41, 5.74) is 15.1. The van der Waals surface area contributed by atoms with E-state index >= 15 is 0 Å². The average molecular weight is 646 g/mol. The molecular formula is C47H39N3. The fourth-order valence-electron chi connectivity index (χ4n) is 6.60. The van der Waals surface area contributed by atoms with Crippen molar-refractivity contribution in [3.8, 4) is 22.4 Å². The molecule has 242 valence electrons. The Bertz CT molecular complexity index is 2340. The highest BCUT2D eigenvalue weighted by molar-refractivity contribution is 6.09. The standard InChI is InChI=1S/C47H39N3/c1-33-16-10-11-25-41(33)46-34(2)42-26-12-13-27-43(42)50-47(46)40-24-14-17-35(30-40)32-49-45(38-20-8-5-9-21-38)31-44(48-3)39-23-15-22-37(28-29-39)36-18-6-4-7-19-36/h4-21,23-31H,3,22,32H2,1-2H3/b44-31-,49-45+. The van der Waals surface area contributed by atoms with E-state index in [-0.39, 0.29) is 0 Å². The second-order valence-electron chi connectivity index (χ2n) is 12.5. The maximum absolute atomic E-state index is 5.26. The number of fused-ring (bicyclic) bond motifs is 1. The molecule has 0 saturated carbocycles. The van der Waals surface area contributed by atoms with Gasteiger partial charge in [0.05, 0.1) is 29.2 Å². The van der Waals surface area contributed by atoms with E-state index in [0.29, 0.717) is 6.54 Å². The summed E-state index contributed by atoms with van der Waals surface area (Å²) in [5.74, 6) is 0. The lowest BCUT2D eigenvalue weighted by molar-refractivity contribution is 1.07. The molecule has 5 aromatic carbocycles. The number of hydrogen-bond donors (Lipinski definition) is 0. The molecule has 0 spiro atoms. The average Bonchev–Trinajstić information content (AvgIpc) is 3.43. The molecule has 6 aromatic rings. The van der Waals surface area contributed by atoms with Crippen molar-refractivity contribution in [2.24, 2.45) is 9.98 Å². The van der Waals surface area contributed by atoms with Gasteiger partial charge in [-0.2, -0.15) is 0 Å². The molecule has 0 N–H and O–H groups in total. The van der Waals surface area contributed by atoms with Crippen LogP contribution in [0.1, 0.15) is 34.2 Å². The number of benzene rings is 5. The fraction of sp³-hybridized carbons (Fsp3) is 0.0851. The van der Waals surface area contributed by atoms with Crippen LogP contribution < -0.4 is 0 Å². The highest BCUT2D eigenvalue weighted by Gasteiger charge is 2.17. The summed E-state index contributed by atoms with van der Waals surface area (Å²) in [6, 6.07) is 46.4. The maximum atomic E-state index is 5.26. The van der Waals surface area contributed by atoms with Crippen LogP contribution in [0.2, 0.25) is 0 Å². The summed E-state index contributed by atoms with van der Waals surface area (Å²) in [4.78, 5) is 14.9. The summed E-state index contributed by atoms with van der Waals surface area (Å²) in [6.07, 6.45) is 11.5. The summed E-state index contributed by atoms with van der Waals surface area (Å²) in [7, 11) is 0. The highest BCUT2D eigenvalue weighted by atomic mass is 14.8. The first-order valence-electron chi connectivity index (χ1n) is 17.0. The van der Waals surface area contributed by atoms with E-state index in [1.54, 1.807) is 0 Å². The maximum Gasteiger partial charge on any atom is 0.0790 e. The Kier molecular flexibility index (Phi) is 9.66. The summed E-state index contributed by atoms with van der Waals surface area (Å²) in [6.45, 7) is 8.83. The minimum Gasteiger partial charge on any atom is -0.280 e. The second kappa shape index (κ2) is 14.9. The van der Waals surface area contributed by atoms with E-state index in [0.717, 1.165) is 51.3 Å². The lowest BCUT2D eigenvalue weighted by Crippen LogP contribution is -2.01. The molecule has 0 bridgehead atoms. The Morgan fingerprint density at radius 2 is 1.48 bits per heavy atom. The highest BCUT2D eigenvalue weighted by Crippen LogP contribution is 2.38. The number of pyridine rings is 1. The van der Waals surface area contributed by atoms with E-state index in [1.165, 1.54) is 38.8 Å². The monoisotopic (exact) mass is 645 g/mol. The predicted molar refractivity (Wildman–Crippen MR) is 213 cm³/mol. The molecule has 1 aliphatic carbocycles. The lowest BCUT2D eigenvalue weighted by Gasteiger charge is -2.17. The Hall–Kier alpha value is -6.19. The second-order valence-corrected chi connectivity index (χ2v) is 12.5. The van der Waals surface area contributed by atoms with Crippen molar-refractivity contribution >= 4 is 28.9 Å². The Labute approximate surface area is 295 Å². The summed E-state index contributed by atoms with van der Waals surface area (Å²) < 4.78 is 0. The molecule has 50 heavy (non-hydrogen) atoms. The first-order valence-corrected chi connectivity index (χ1v) is 17.0. The van der Waals surface area contributed by atoms with E-state index in [4.69, 9.17) is 9.98 Å². The van der Waals surface area contributed by atoms with Gasteiger partial charge in [0.1, 0.15) is 0 Å². The minimum absolute atomic E-state index is 0.498. The molecule has 3 nitrogen and oxygen atoms in total. The van der Waals surface area contributed by atoms with Gasteiger partial charge in [-0.15, -0.1) is 0 Å². The molecule has 0 saturated heterocycles. The van der Waals surface area contributed by atoms with Crippen LogP contribution in [0.15, 0.2) is 185 Å². The topological polar surface area (TPSA) is 37.6 Å². The van der Waals surface area contributed by atoms with Crippen LogP contribution in [0.4, 0.5) is 0 Å². The Morgan fingerprint density at radius 3 is 2.28 bits per heavy atom. The zero-order valence-electron chi connectivity index (χ0n) is 28.6. The number of allylic oxidation sites excluding steroid dienone is 6. The summed E-state index contributed by atoms with van der Waals surface area (Å²) in [5, 5.41) is 1.17. The minimum atomic E-state index is 0.498. The van der Waals surface area contributed by atoms with Crippen molar-refractivity contribution in [3.05, 3.63) is 203 Å². The predicted octanol–water partition coefficient (Wildman–Crippen LogP) is 11.7. The van der Waals surface area contributed by atoms with Crippen molar-refractivity contribution in [2.75, 3.05) is 0 Å². The van der Waals surface area contributed by atoms with Crippen molar-refractivity contribution in [3.63, 3.8) is 0 Å². The Morgan fingerprint density at radius 1 is 0.760 bits per heavy atom. The van der Waals surface area contributed by atoms with Gasteiger partial charge in [0.25, 0.3) is 0 Å². The van der Waals surface area contributed by atoms with E-state index in [2.05, 4.69) is 159 Å². The number of para-hydroxylation sites is 1. The normalized spacial score (nSPS) is 13.5. The molecule has 0 atom stereocenters. The number of aromatic nitrogens is 1. The van der Waals surface area contributed by atoms with Gasteiger partial charge in [0.15, 0.2) is 0 Å². The van der Waals surface area contributed by atoms with Gasteiger partial charge in [0, 0.05) is 16.5 Å². The zero-order chi connectivity index (χ0) is 34.3. The fourth-order valence-corrected chi connectivity index (χ4v) is 6.60. The molecule has 3 heteroatoms. The quantitative estimate of drug-likeness (QED) is 0.144. The van der Waals surface area contributed by atoms with Crippen molar-refractivity contribution in [1.82, 2.24) is 4.98 Å².